The molecule has 15 heavy (non-hydrogen) atoms. The maximum atomic E-state index is 5.82. The first kappa shape index (κ1) is 11.9. The van der Waals surface area contributed by atoms with Gasteiger partial charge in [-0.15, -0.1) is 0 Å². The zero-order valence-corrected chi connectivity index (χ0v) is 9.10. The molecule has 1 aromatic heterocycles. The van der Waals surface area contributed by atoms with Crippen LogP contribution in [0.5, 0.6) is 0 Å². The zero-order chi connectivity index (χ0) is 11.3. The van der Waals surface area contributed by atoms with Crippen molar-refractivity contribution in [3.8, 4) is 0 Å². The predicted molar refractivity (Wildman–Crippen MR) is 59.9 cm³/mol. The lowest BCUT2D eigenvalue weighted by molar-refractivity contribution is 0.0832. The number of pyridine rings is 1. The minimum Gasteiger partial charge on any atom is -0.398 e. The molecule has 0 amide bonds. The first-order valence-electron chi connectivity index (χ1n) is 4.86. The van der Waals surface area contributed by atoms with Crippen molar-refractivity contribution in [1.82, 2.24) is 10.4 Å². The molecule has 5 nitrogen and oxygen atoms in total. The number of rotatable bonds is 5. The Labute approximate surface area is 89.8 Å². The maximum Gasteiger partial charge on any atom is 0.0712 e. The molecule has 84 valence electrons. The van der Waals surface area contributed by atoms with Crippen LogP contribution in [-0.4, -0.2) is 24.2 Å². The van der Waals surface area contributed by atoms with Gasteiger partial charge in [-0.1, -0.05) is 0 Å². The van der Waals surface area contributed by atoms with Crippen molar-refractivity contribution >= 4 is 5.69 Å². The molecule has 1 heterocycles. The molecule has 2 atom stereocenters. The number of nitrogens with one attached hydrogen (secondary N) is 1. The van der Waals surface area contributed by atoms with Crippen molar-refractivity contribution in [1.29, 1.82) is 0 Å². The second-order valence-corrected chi connectivity index (χ2v) is 3.49. The Kier molecular flexibility index (Phi) is 4.48. The molecule has 0 radical (unpaired) electrons. The summed E-state index contributed by atoms with van der Waals surface area (Å²) < 4.78 is 5.21. The van der Waals surface area contributed by atoms with Gasteiger partial charge < -0.3 is 10.5 Å². The molecule has 5 N–H and O–H groups in total. The smallest absolute Gasteiger partial charge is 0.0712 e. The summed E-state index contributed by atoms with van der Waals surface area (Å²) in [7, 11) is 1.65. The molecule has 0 aliphatic rings. The van der Waals surface area contributed by atoms with E-state index in [0.717, 1.165) is 11.3 Å². The van der Waals surface area contributed by atoms with Crippen LogP contribution >= 0.6 is 0 Å². The number of hydrazine groups is 1. The number of anilines is 1. The third-order valence-electron chi connectivity index (χ3n) is 2.53. The monoisotopic (exact) mass is 210 g/mol. The van der Waals surface area contributed by atoms with E-state index >= 15 is 0 Å². The van der Waals surface area contributed by atoms with Crippen molar-refractivity contribution in [3.63, 3.8) is 0 Å². The number of ether oxygens (including phenoxy) is 1. The highest BCUT2D eigenvalue weighted by Crippen LogP contribution is 2.13. The Morgan fingerprint density at radius 1 is 1.60 bits per heavy atom. The maximum absolute atomic E-state index is 5.82. The summed E-state index contributed by atoms with van der Waals surface area (Å²) in [6.07, 6.45) is 4.14. The summed E-state index contributed by atoms with van der Waals surface area (Å²) in [4.78, 5) is 4.03. The van der Waals surface area contributed by atoms with Crippen LogP contribution in [-0.2, 0) is 11.2 Å². The molecule has 0 saturated carbocycles. The minimum atomic E-state index is 0.0228. The van der Waals surface area contributed by atoms with Gasteiger partial charge in [0.2, 0.25) is 0 Å². The van der Waals surface area contributed by atoms with Crippen LogP contribution in [0.4, 0.5) is 5.69 Å². The van der Waals surface area contributed by atoms with Gasteiger partial charge in [-0.05, 0) is 25.0 Å². The van der Waals surface area contributed by atoms with Crippen LogP contribution in [0, 0.1) is 0 Å². The van der Waals surface area contributed by atoms with E-state index in [1.807, 2.05) is 6.92 Å². The molecule has 5 heteroatoms. The molecule has 0 fully saturated rings. The van der Waals surface area contributed by atoms with Crippen LogP contribution in [0.15, 0.2) is 18.5 Å². The summed E-state index contributed by atoms with van der Waals surface area (Å²) >= 11 is 0. The number of hydrogen-bond donors (Lipinski definition) is 3. The van der Waals surface area contributed by atoms with Crippen LogP contribution in [0.3, 0.4) is 0 Å². The number of nitrogens with two attached hydrogens (primary N) is 2. The van der Waals surface area contributed by atoms with Crippen molar-refractivity contribution in [3.05, 3.63) is 24.0 Å². The van der Waals surface area contributed by atoms with Gasteiger partial charge in [-0.25, -0.2) is 0 Å². The second kappa shape index (κ2) is 5.65. The number of hydrogen-bond acceptors (Lipinski definition) is 5. The van der Waals surface area contributed by atoms with Crippen molar-refractivity contribution in [2.45, 2.75) is 25.5 Å². The fraction of sp³-hybridized carbons (Fsp3) is 0.500. The highest BCUT2D eigenvalue weighted by Gasteiger charge is 2.16. The summed E-state index contributed by atoms with van der Waals surface area (Å²) in [5.41, 5.74) is 10.2. The first-order chi connectivity index (χ1) is 7.19. The van der Waals surface area contributed by atoms with E-state index in [4.69, 9.17) is 16.3 Å². The average Bonchev–Trinajstić information content (AvgIpc) is 2.27. The van der Waals surface area contributed by atoms with Gasteiger partial charge in [0.15, 0.2) is 0 Å². The summed E-state index contributed by atoms with van der Waals surface area (Å²) in [5, 5.41) is 0. The van der Waals surface area contributed by atoms with Crippen LogP contribution < -0.4 is 17.0 Å². The third kappa shape index (κ3) is 3.16. The molecule has 0 saturated heterocycles. The third-order valence-corrected chi connectivity index (χ3v) is 2.53. The summed E-state index contributed by atoms with van der Waals surface area (Å²) in [5.74, 6) is 5.46. The lowest BCUT2D eigenvalue weighted by Crippen LogP contribution is -2.45. The Bertz CT molecular complexity index is 305. The van der Waals surface area contributed by atoms with E-state index in [-0.39, 0.29) is 12.1 Å². The highest BCUT2D eigenvalue weighted by atomic mass is 16.5. The average molecular weight is 210 g/mol. The molecule has 0 spiro atoms. The van der Waals surface area contributed by atoms with Gasteiger partial charge in [-0.2, -0.15) is 0 Å². The predicted octanol–water partition coefficient (Wildman–Crippen LogP) is 0.0731. The van der Waals surface area contributed by atoms with Gasteiger partial charge in [-0.3, -0.25) is 16.3 Å². The molecule has 0 bridgehead atoms. The van der Waals surface area contributed by atoms with E-state index in [2.05, 4.69) is 10.4 Å². The fourth-order valence-corrected chi connectivity index (χ4v) is 1.37. The van der Waals surface area contributed by atoms with Crippen molar-refractivity contribution in [2.24, 2.45) is 5.84 Å². The molecule has 0 aromatic carbocycles. The van der Waals surface area contributed by atoms with Gasteiger partial charge in [0.25, 0.3) is 0 Å². The van der Waals surface area contributed by atoms with Gasteiger partial charge in [0, 0.05) is 25.2 Å². The molecule has 2 unspecified atom stereocenters. The molecular formula is C10H18N4O. The van der Waals surface area contributed by atoms with Crippen LogP contribution in [0.2, 0.25) is 0 Å². The number of aromatic nitrogens is 1. The Morgan fingerprint density at radius 2 is 2.33 bits per heavy atom. The topological polar surface area (TPSA) is 86.2 Å². The molecule has 0 aliphatic heterocycles. The Balaban J connectivity index is 2.71. The van der Waals surface area contributed by atoms with E-state index in [1.54, 1.807) is 25.6 Å². The van der Waals surface area contributed by atoms with Crippen molar-refractivity contribution < 1.29 is 4.74 Å². The minimum absolute atomic E-state index is 0.0228. The second-order valence-electron chi connectivity index (χ2n) is 3.49. The molecule has 1 aromatic rings. The van der Waals surface area contributed by atoms with Crippen LogP contribution in [0.1, 0.15) is 12.5 Å². The Hall–Kier alpha value is -1.17. The largest absolute Gasteiger partial charge is 0.398 e. The summed E-state index contributed by atoms with van der Waals surface area (Å²) in [6.45, 7) is 1.96. The fourth-order valence-electron chi connectivity index (χ4n) is 1.37. The van der Waals surface area contributed by atoms with Crippen LogP contribution in [0.25, 0.3) is 0 Å². The van der Waals surface area contributed by atoms with E-state index in [9.17, 15) is 0 Å². The quantitative estimate of drug-likeness (QED) is 0.473. The lowest BCUT2D eigenvalue weighted by Gasteiger charge is -2.22. The van der Waals surface area contributed by atoms with Crippen molar-refractivity contribution in [2.75, 3.05) is 12.8 Å². The Morgan fingerprint density at radius 3 is 2.87 bits per heavy atom. The van der Waals surface area contributed by atoms with E-state index in [0.29, 0.717) is 6.42 Å². The first-order valence-corrected chi connectivity index (χ1v) is 4.86. The summed E-state index contributed by atoms with van der Waals surface area (Å²) in [6, 6.07) is 1.81. The van der Waals surface area contributed by atoms with Gasteiger partial charge >= 0.3 is 0 Å². The lowest BCUT2D eigenvalue weighted by atomic mass is 10.0. The van der Waals surface area contributed by atoms with E-state index in [1.165, 1.54) is 0 Å². The molecular weight excluding hydrogens is 192 g/mol. The van der Waals surface area contributed by atoms with Gasteiger partial charge in [0.1, 0.15) is 0 Å². The SMILES string of the molecule is COC(C)C(Cc1cnccc1N)NN. The number of nitrogens with zero attached hydrogens (tertiary/aromatic N) is 1. The van der Waals surface area contributed by atoms with E-state index < -0.39 is 0 Å². The number of methoxy groups -OCH3 is 1. The number of nitrogen functional groups attached to an aromatic ring is 1. The zero-order valence-electron chi connectivity index (χ0n) is 9.10. The standard InChI is InChI=1S/C10H18N4O/c1-7(15-2)10(14-12)5-8-6-13-4-3-9(8)11/h3-4,6-7,10,14H,5,12H2,1-2H3,(H2,11,13). The molecule has 1 rings (SSSR count). The normalized spacial score (nSPS) is 14.9. The molecule has 0 aliphatic carbocycles. The highest BCUT2D eigenvalue weighted by molar-refractivity contribution is 5.44. The van der Waals surface area contributed by atoms with Gasteiger partial charge in [0.05, 0.1) is 12.1 Å².